The molecule has 2 rings (SSSR count). The number of H-pyrrole nitrogens is 1. The Morgan fingerprint density at radius 1 is 1.19 bits per heavy atom. The van der Waals surface area contributed by atoms with Gasteiger partial charge in [0.1, 0.15) is 6.10 Å². The number of aromatic nitrogens is 2. The third kappa shape index (κ3) is 5.30. The lowest BCUT2D eigenvalue weighted by Crippen LogP contribution is -2.34. The van der Waals surface area contributed by atoms with Gasteiger partial charge in [-0.2, -0.15) is 0 Å². The van der Waals surface area contributed by atoms with E-state index < -0.39 is 0 Å². The van der Waals surface area contributed by atoms with Gasteiger partial charge in [-0.25, -0.2) is 0 Å². The SMILES string of the molecule is CCCNCCNCc1[nH]nc(OC2CCNCC2)c1C. The van der Waals surface area contributed by atoms with Crippen LogP contribution in [0.1, 0.15) is 37.4 Å². The molecule has 0 unspecified atom stereocenters. The number of rotatable bonds is 9. The summed E-state index contributed by atoms with van der Waals surface area (Å²) in [6.07, 6.45) is 3.59. The minimum atomic E-state index is 0.298. The van der Waals surface area contributed by atoms with Crippen LogP contribution in [0.3, 0.4) is 0 Å². The van der Waals surface area contributed by atoms with Crippen LogP contribution in [0, 0.1) is 6.92 Å². The zero-order valence-electron chi connectivity index (χ0n) is 13.3. The molecule has 1 aliphatic heterocycles. The van der Waals surface area contributed by atoms with Crippen LogP contribution in [0.25, 0.3) is 0 Å². The Morgan fingerprint density at radius 2 is 1.95 bits per heavy atom. The Labute approximate surface area is 127 Å². The molecular formula is C15H29N5O. The highest BCUT2D eigenvalue weighted by Gasteiger charge is 2.18. The fourth-order valence-corrected chi connectivity index (χ4v) is 2.46. The number of ether oxygens (including phenoxy) is 1. The summed E-state index contributed by atoms with van der Waals surface area (Å²) in [6, 6.07) is 0. The van der Waals surface area contributed by atoms with Gasteiger partial charge >= 0.3 is 0 Å². The van der Waals surface area contributed by atoms with E-state index in [1.165, 1.54) is 6.42 Å². The molecule has 4 N–H and O–H groups in total. The van der Waals surface area contributed by atoms with Crippen molar-refractivity contribution in [2.24, 2.45) is 0 Å². The molecule has 0 saturated carbocycles. The highest BCUT2D eigenvalue weighted by molar-refractivity contribution is 5.28. The highest BCUT2D eigenvalue weighted by atomic mass is 16.5. The van der Waals surface area contributed by atoms with Gasteiger partial charge in [-0.05, 0) is 45.8 Å². The summed E-state index contributed by atoms with van der Waals surface area (Å²) in [4.78, 5) is 0. The summed E-state index contributed by atoms with van der Waals surface area (Å²) in [6.45, 7) is 10.2. The van der Waals surface area contributed by atoms with Crippen LogP contribution in [0.4, 0.5) is 0 Å². The Morgan fingerprint density at radius 3 is 2.71 bits per heavy atom. The third-order valence-electron chi connectivity index (χ3n) is 3.84. The maximum atomic E-state index is 6.00. The topological polar surface area (TPSA) is 74.0 Å². The van der Waals surface area contributed by atoms with E-state index in [0.29, 0.717) is 6.10 Å². The van der Waals surface area contributed by atoms with Crippen LogP contribution < -0.4 is 20.7 Å². The third-order valence-corrected chi connectivity index (χ3v) is 3.84. The van der Waals surface area contributed by atoms with Crippen molar-refractivity contribution in [2.75, 3.05) is 32.7 Å². The van der Waals surface area contributed by atoms with Gasteiger partial charge in [0.2, 0.25) is 5.88 Å². The number of hydrogen-bond donors (Lipinski definition) is 4. The molecule has 1 aliphatic rings. The summed E-state index contributed by atoms with van der Waals surface area (Å²) < 4.78 is 6.00. The van der Waals surface area contributed by atoms with Crippen molar-refractivity contribution in [2.45, 2.75) is 45.8 Å². The van der Waals surface area contributed by atoms with E-state index >= 15 is 0 Å². The van der Waals surface area contributed by atoms with Crippen molar-refractivity contribution in [1.82, 2.24) is 26.1 Å². The second-order valence-corrected chi connectivity index (χ2v) is 5.63. The van der Waals surface area contributed by atoms with Gasteiger partial charge in [-0.1, -0.05) is 6.92 Å². The number of aromatic amines is 1. The predicted molar refractivity (Wildman–Crippen MR) is 84.7 cm³/mol. The molecule has 0 amide bonds. The molecule has 1 aromatic heterocycles. The lowest BCUT2D eigenvalue weighted by atomic mass is 10.1. The summed E-state index contributed by atoms with van der Waals surface area (Å²) >= 11 is 0. The van der Waals surface area contributed by atoms with E-state index in [4.69, 9.17) is 4.74 Å². The summed E-state index contributed by atoms with van der Waals surface area (Å²) in [5.74, 6) is 0.766. The molecule has 0 spiro atoms. The first kappa shape index (κ1) is 16.3. The molecule has 6 heteroatoms. The largest absolute Gasteiger partial charge is 0.473 e. The van der Waals surface area contributed by atoms with Crippen LogP contribution >= 0.6 is 0 Å². The summed E-state index contributed by atoms with van der Waals surface area (Å²) in [5, 5.41) is 17.5. The summed E-state index contributed by atoms with van der Waals surface area (Å²) in [5.41, 5.74) is 2.25. The van der Waals surface area contributed by atoms with E-state index in [-0.39, 0.29) is 0 Å². The minimum absolute atomic E-state index is 0.298. The maximum Gasteiger partial charge on any atom is 0.236 e. The Bertz CT molecular complexity index is 401. The molecule has 0 aliphatic carbocycles. The first-order valence-corrected chi connectivity index (χ1v) is 8.14. The van der Waals surface area contributed by atoms with E-state index in [1.54, 1.807) is 0 Å². The lowest BCUT2D eigenvalue weighted by Gasteiger charge is -2.22. The Balaban J connectivity index is 1.71. The number of piperidine rings is 1. The maximum absolute atomic E-state index is 6.00. The van der Waals surface area contributed by atoms with Gasteiger partial charge in [0.05, 0.1) is 5.69 Å². The van der Waals surface area contributed by atoms with Gasteiger partial charge in [0, 0.05) is 25.2 Å². The second-order valence-electron chi connectivity index (χ2n) is 5.63. The van der Waals surface area contributed by atoms with Crippen LogP contribution in [0.15, 0.2) is 0 Å². The zero-order valence-corrected chi connectivity index (χ0v) is 13.3. The van der Waals surface area contributed by atoms with Gasteiger partial charge in [0.25, 0.3) is 0 Å². The van der Waals surface area contributed by atoms with Gasteiger partial charge in [-0.3, -0.25) is 5.10 Å². The number of hydrogen-bond acceptors (Lipinski definition) is 5. The summed E-state index contributed by atoms with van der Waals surface area (Å²) in [7, 11) is 0. The monoisotopic (exact) mass is 295 g/mol. The molecule has 0 bridgehead atoms. The fraction of sp³-hybridized carbons (Fsp3) is 0.800. The lowest BCUT2D eigenvalue weighted by molar-refractivity contribution is 0.155. The zero-order chi connectivity index (χ0) is 14.9. The molecule has 120 valence electrons. The predicted octanol–water partition coefficient (Wildman–Crippen LogP) is 0.938. The van der Waals surface area contributed by atoms with Crippen LogP contribution in [-0.2, 0) is 6.54 Å². The normalized spacial score (nSPS) is 16.3. The highest BCUT2D eigenvalue weighted by Crippen LogP contribution is 2.21. The van der Waals surface area contributed by atoms with Crippen molar-refractivity contribution in [3.63, 3.8) is 0 Å². The van der Waals surface area contributed by atoms with E-state index in [0.717, 1.165) is 69.2 Å². The number of nitrogens with one attached hydrogen (secondary N) is 4. The number of nitrogens with zero attached hydrogens (tertiary/aromatic N) is 1. The first-order valence-electron chi connectivity index (χ1n) is 8.14. The molecule has 6 nitrogen and oxygen atoms in total. The van der Waals surface area contributed by atoms with E-state index in [9.17, 15) is 0 Å². The Kier molecular flexibility index (Phi) is 6.99. The smallest absolute Gasteiger partial charge is 0.236 e. The van der Waals surface area contributed by atoms with Gasteiger partial charge in [0.15, 0.2) is 0 Å². The molecule has 1 fully saturated rings. The standard InChI is InChI=1S/C15H29N5O/c1-3-6-16-9-10-18-11-14-12(2)15(20-19-14)21-13-4-7-17-8-5-13/h13,16-18H,3-11H2,1-2H3,(H,19,20). The molecular weight excluding hydrogens is 266 g/mol. The first-order chi connectivity index (χ1) is 10.3. The van der Waals surface area contributed by atoms with Crippen molar-refractivity contribution in [1.29, 1.82) is 0 Å². The van der Waals surface area contributed by atoms with E-state index in [1.807, 2.05) is 0 Å². The minimum Gasteiger partial charge on any atom is -0.473 e. The second kappa shape index (κ2) is 9.02. The quantitative estimate of drug-likeness (QED) is 0.510. The van der Waals surface area contributed by atoms with Gasteiger partial charge < -0.3 is 20.7 Å². The molecule has 21 heavy (non-hydrogen) atoms. The molecule has 1 aromatic rings. The molecule has 0 atom stereocenters. The van der Waals surface area contributed by atoms with Crippen LogP contribution in [0.2, 0.25) is 0 Å². The van der Waals surface area contributed by atoms with Gasteiger partial charge in [-0.15, -0.1) is 5.10 Å². The average Bonchev–Trinajstić information content (AvgIpc) is 2.85. The molecule has 0 aromatic carbocycles. The molecule has 0 radical (unpaired) electrons. The molecule has 1 saturated heterocycles. The van der Waals surface area contributed by atoms with Crippen molar-refractivity contribution in [3.8, 4) is 5.88 Å². The fourth-order valence-electron chi connectivity index (χ4n) is 2.46. The van der Waals surface area contributed by atoms with E-state index in [2.05, 4.69) is 40.0 Å². The molecule has 2 heterocycles. The van der Waals surface area contributed by atoms with Crippen molar-refractivity contribution < 1.29 is 4.74 Å². The van der Waals surface area contributed by atoms with Crippen LogP contribution in [-0.4, -0.2) is 49.0 Å². The van der Waals surface area contributed by atoms with Crippen molar-refractivity contribution >= 4 is 0 Å². The Hall–Kier alpha value is -1.11. The van der Waals surface area contributed by atoms with Crippen molar-refractivity contribution in [3.05, 3.63) is 11.3 Å². The van der Waals surface area contributed by atoms with Crippen LogP contribution in [0.5, 0.6) is 5.88 Å². The average molecular weight is 295 g/mol.